The molecule has 4 rings (SSSR count). The number of aldehydes is 1. The van der Waals surface area contributed by atoms with Crippen molar-refractivity contribution in [3.05, 3.63) is 65.7 Å². The second kappa shape index (κ2) is 8.05. The molecule has 0 bridgehead atoms. The smallest absolute Gasteiger partial charge is 0.251 e. The number of likely N-dealkylation sites (tertiary alicyclic amines) is 1. The van der Waals surface area contributed by atoms with Gasteiger partial charge in [0.05, 0.1) is 5.56 Å². The summed E-state index contributed by atoms with van der Waals surface area (Å²) in [6.45, 7) is 2.02. The number of benzene rings is 3. The third kappa shape index (κ3) is 4.00. The van der Waals surface area contributed by atoms with E-state index in [1.54, 1.807) is 6.07 Å². The Morgan fingerprint density at radius 2 is 1.72 bits per heavy atom. The zero-order valence-corrected chi connectivity index (χ0v) is 16.4. The first kappa shape index (κ1) is 19.2. The number of phenolic OH excluding ortho intramolecular Hbond substituents is 1. The van der Waals surface area contributed by atoms with Crippen molar-refractivity contribution in [2.24, 2.45) is 0 Å². The Hall–Kier alpha value is -3.18. The van der Waals surface area contributed by atoms with Crippen molar-refractivity contribution < 1.29 is 14.7 Å². The summed E-state index contributed by atoms with van der Waals surface area (Å²) in [4.78, 5) is 26.1. The van der Waals surface area contributed by atoms with Gasteiger partial charge in [-0.1, -0.05) is 30.3 Å². The molecule has 0 aromatic heterocycles. The molecule has 3 aromatic carbocycles. The fourth-order valence-electron chi connectivity index (χ4n) is 3.88. The van der Waals surface area contributed by atoms with E-state index in [2.05, 4.69) is 17.3 Å². The van der Waals surface area contributed by atoms with Gasteiger partial charge in [0.25, 0.3) is 5.91 Å². The van der Waals surface area contributed by atoms with Gasteiger partial charge in [-0.15, -0.1) is 0 Å². The molecule has 1 aliphatic rings. The lowest BCUT2D eigenvalue weighted by Crippen LogP contribution is -2.43. The van der Waals surface area contributed by atoms with Gasteiger partial charge < -0.3 is 15.3 Å². The minimum atomic E-state index is -0.0317. The third-order valence-electron chi connectivity index (χ3n) is 5.69. The lowest BCUT2D eigenvalue weighted by atomic mass is 9.97. The standard InChI is InChI=1S/C24H24N2O3/c1-26-12-10-20(11-13-26)25-24(29)17-4-2-16(3-5-17)18-6-8-21-19(14-18)7-9-23(28)22(21)15-27/h2-9,14-15,20,28H,10-13H2,1H3,(H,25,29). The van der Waals surface area contributed by atoms with E-state index in [1.165, 1.54) is 6.07 Å². The Kier molecular flexibility index (Phi) is 5.32. The van der Waals surface area contributed by atoms with Crippen LogP contribution in [0.3, 0.4) is 0 Å². The summed E-state index contributed by atoms with van der Waals surface area (Å²) in [6.07, 6.45) is 2.64. The Morgan fingerprint density at radius 3 is 2.41 bits per heavy atom. The van der Waals surface area contributed by atoms with E-state index in [4.69, 9.17) is 0 Å². The molecule has 1 saturated heterocycles. The molecule has 1 amide bonds. The van der Waals surface area contributed by atoms with Gasteiger partial charge in [0.2, 0.25) is 0 Å². The van der Waals surface area contributed by atoms with Crippen molar-refractivity contribution in [3.63, 3.8) is 0 Å². The SMILES string of the molecule is CN1CCC(NC(=O)c2ccc(-c3ccc4c(C=O)c(O)ccc4c3)cc2)CC1. The van der Waals surface area contributed by atoms with Crippen molar-refractivity contribution >= 4 is 23.0 Å². The number of carbonyl (C=O) groups excluding carboxylic acids is 2. The number of piperidine rings is 1. The normalized spacial score (nSPS) is 15.3. The zero-order chi connectivity index (χ0) is 20.4. The molecule has 148 valence electrons. The highest BCUT2D eigenvalue weighted by Gasteiger charge is 2.19. The van der Waals surface area contributed by atoms with Crippen LogP contribution in [-0.4, -0.2) is 48.4 Å². The predicted octanol–water partition coefficient (Wildman–Crippen LogP) is 3.85. The van der Waals surface area contributed by atoms with Crippen molar-refractivity contribution in [3.8, 4) is 16.9 Å². The molecule has 0 unspecified atom stereocenters. The molecule has 29 heavy (non-hydrogen) atoms. The summed E-state index contributed by atoms with van der Waals surface area (Å²) in [6, 6.07) is 16.9. The first-order chi connectivity index (χ1) is 14.0. The Morgan fingerprint density at radius 1 is 1.03 bits per heavy atom. The quantitative estimate of drug-likeness (QED) is 0.666. The Balaban J connectivity index is 1.52. The zero-order valence-electron chi connectivity index (χ0n) is 16.4. The maximum absolute atomic E-state index is 12.5. The van der Waals surface area contributed by atoms with Crippen LogP contribution >= 0.6 is 0 Å². The highest BCUT2D eigenvalue weighted by atomic mass is 16.3. The van der Waals surface area contributed by atoms with Crippen LogP contribution < -0.4 is 5.32 Å². The molecule has 1 heterocycles. The summed E-state index contributed by atoms with van der Waals surface area (Å²) in [5.74, 6) is -0.0454. The van der Waals surface area contributed by atoms with Crippen molar-refractivity contribution in [2.45, 2.75) is 18.9 Å². The van der Waals surface area contributed by atoms with Gasteiger partial charge in [-0.3, -0.25) is 9.59 Å². The topological polar surface area (TPSA) is 69.6 Å². The average Bonchev–Trinajstić information content (AvgIpc) is 2.75. The Labute approximate surface area is 170 Å². The molecule has 2 N–H and O–H groups in total. The molecule has 1 fully saturated rings. The monoisotopic (exact) mass is 388 g/mol. The summed E-state index contributed by atoms with van der Waals surface area (Å²) in [7, 11) is 2.10. The molecule has 5 nitrogen and oxygen atoms in total. The highest BCUT2D eigenvalue weighted by molar-refractivity contribution is 6.02. The van der Waals surface area contributed by atoms with E-state index in [1.807, 2.05) is 42.5 Å². The van der Waals surface area contributed by atoms with Crippen LogP contribution in [0, 0.1) is 0 Å². The van der Waals surface area contributed by atoms with Crippen LogP contribution in [0.2, 0.25) is 0 Å². The first-order valence-corrected chi connectivity index (χ1v) is 9.86. The fourth-order valence-corrected chi connectivity index (χ4v) is 3.88. The van der Waals surface area contributed by atoms with Crippen LogP contribution in [-0.2, 0) is 0 Å². The first-order valence-electron chi connectivity index (χ1n) is 9.86. The number of amides is 1. The lowest BCUT2D eigenvalue weighted by Gasteiger charge is -2.29. The second-order valence-corrected chi connectivity index (χ2v) is 7.68. The maximum atomic E-state index is 12.5. The number of rotatable bonds is 4. The fraction of sp³-hybridized carbons (Fsp3) is 0.250. The van der Waals surface area contributed by atoms with Gasteiger partial charge >= 0.3 is 0 Å². The summed E-state index contributed by atoms with van der Waals surface area (Å²) in [5.41, 5.74) is 2.93. The largest absolute Gasteiger partial charge is 0.507 e. The molecule has 0 atom stereocenters. The van der Waals surface area contributed by atoms with Crippen LogP contribution in [0.4, 0.5) is 0 Å². The number of phenols is 1. The van der Waals surface area contributed by atoms with Gasteiger partial charge in [-0.2, -0.15) is 0 Å². The molecule has 0 spiro atoms. The van der Waals surface area contributed by atoms with Crippen molar-refractivity contribution in [1.29, 1.82) is 0 Å². The number of nitrogens with one attached hydrogen (secondary N) is 1. The van der Waals surface area contributed by atoms with E-state index in [9.17, 15) is 14.7 Å². The van der Waals surface area contributed by atoms with E-state index in [0.29, 0.717) is 17.4 Å². The molecule has 0 aliphatic carbocycles. The second-order valence-electron chi connectivity index (χ2n) is 7.68. The number of fused-ring (bicyclic) bond motifs is 1. The number of aromatic hydroxyl groups is 1. The minimum absolute atomic E-state index is 0.0137. The van der Waals surface area contributed by atoms with Gasteiger partial charge in [-0.05, 0) is 79.1 Å². The summed E-state index contributed by atoms with van der Waals surface area (Å²) < 4.78 is 0. The van der Waals surface area contributed by atoms with Gasteiger partial charge in [-0.25, -0.2) is 0 Å². The van der Waals surface area contributed by atoms with Crippen LogP contribution in [0.15, 0.2) is 54.6 Å². The number of nitrogens with zero attached hydrogens (tertiary/aromatic N) is 1. The number of hydrogen-bond acceptors (Lipinski definition) is 4. The van der Waals surface area contributed by atoms with E-state index in [0.717, 1.165) is 47.8 Å². The predicted molar refractivity (Wildman–Crippen MR) is 114 cm³/mol. The van der Waals surface area contributed by atoms with Crippen LogP contribution in [0.25, 0.3) is 21.9 Å². The summed E-state index contributed by atoms with van der Waals surface area (Å²) >= 11 is 0. The molecule has 0 saturated carbocycles. The van der Waals surface area contributed by atoms with Crippen LogP contribution in [0.1, 0.15) is 33.6 Å². The molecule has 5 heteroatoms. The number of hydrogen-bond donors (Lipinski definition) is 2. The van der Waals surface area contributed by atoms with Crippen molar-refractivity contribution in [1.82, 2.24) is 10.2 Å². The lowest BCUT2D eigenvalue weighted by molar-refractivity contribution is 0.0916. The molecule has 0 radical (unpaired) electrons. The van der Waals surface area contributed by atoms with E-state index in [-0.39, 0.29) is 17.7 Å². The molecule has 1 aliphatic heterocycles. The minimum Gasteiger partial charge on any atom is -0.507 e. The average molecular weight is 388 g/mol. The van der Waals surface area contributed by atoms with Gasteiger partial charge in [0.15, 0.2) is 6.29 Å². The summed E-state index contributed by atoms with van der Waals surface area (Å²) in [5, 5.41) is 14.6. The van der Waals surface area contributed by atoms with Gasteiger partial charge in [0, 0.05) is 11.6 Å². The van der Waals surface area contributed by atoms with E-state index >= 15 is 0 Å². The van der Waals surface area contributed by atoms with Gasteiger partial charge in [0.1, 0.15) is 5.75 Å². The van der Waals surface area contributed by atoms with E-state index < -0.39 is 0 Å². The van der Waals surface area contributed by atoms with Crippen molar-refractivity contribution in [2.75, 3.05) is 20.1 Å². The molecule has 3 aromatic rings. The molecular formula is C24H24N2O3. The highest BCUT2D eigenvalue weighted by Crippen LogP contribution is 2.30. The third-order valence-corrected chi connectivity index (χ3v) is 5.69. The van der Waals surface area contributed by atoms with Crippen LogP contribution in [0.5, 0.6) is 5.75 Å². The number of carbonyl (C=O) groups is 2. The molecular weight excluding hydrogens is 364 g/mol. The maximum Gasteiger partial charge on any atom is 0.251 e. The Bertz CT molecular complexity index is 1050.